The minimum absolute atomic E-state index is 0.0144. The van der Waals surface area contributed by atoms with Crippen LogP contribution in [0.3, 0.4) is 0 Å². The molecule has 0 bridgehead atoms. The van der Waals surface area contributed by atoms with Gasteiger partial charge in [0.05, 0.1) is 11.3 Å². The van der Waals surface area contributed by atoms with E-state index in [2.05, 4.69) is 15.5 Å². The molecule has 0 fully saturated rings. The van der Waals surface area contributed by atoms with Crippen LogP contribution in [0.5, 0.6) is 0 Å². The molecule has 2 heterocycles. The van der Waals surface area contributed by atoms with Gasteiger partial charge in [-0.3, -0.25) is 10.1 Å². The first-order valence-corrected chi connectivity index (χ1v) is 14.0. The monoisotopic (exact) mass is 520 g/mol. The van der Waals surface area contributed by atoms with Crippen LogP contribution in [0.15, 0.2) is 87.0 Å². The molecule has 8 nitrogen and oxygen atoms in total. The number of carbonyl (C=O) groups is 1. The smallest absolute Gasteiger partial charge is 0.322 e. The Kier molecular flexibility index (Phi) is 6.90. The maximum atomic E-state index is 13.1. The molecular formula is C26H24N4O4S2. The number of rotatable bonds is 7. The zero-order chi connectivity index (χ0) is 25.1. The molecule has 5 rings (SSSR count). The van der Waals surface area contributed by atoms with Crippen LogP contribution in [-0.4, -0.2) is 41.6 Å². The largest absolute Gasteiger partial charge is 0.407 e. The van der Waals surface area contributed by atoms with Crippen molar-refractivity contribution in [1.29, 1.82) is 0 Å². The summed E-state index contributed by atoms with van der Waals surface area (Å²) >= 11 is 1.66. The van der Waals surface area contributed by atoms with E-state index in [0.29, 0.717) is 31.8 Å². The Morgan fingerprint density at radius 1 is 1.00 bits per heavy atom. The van der Waals surface area contributed by atoms with Gasteiger partial charge in [-0.1, -0.05) is 41.5 Å². The summed E-state index contributed by atoms with van der Waals surface area (Å²) in [7, 11) is -3.68. The molecule has 0 radical (unpaired) electrons. The molecule has 1 aliphatic rings. The van der Waals surface area contributed by atoms with Crippen molar-refractivity contribution in [3.8, 4) is 0 Å². The van der Waals surface area contributed by atoms with Gasteiger partial charge in [0, 0.05) is 23.5 Å². The number of sulfonamides is 1. The van der Waals surface area contributed by atoms with Crippen LogP contribution >= 0.6 is 11.8 Å². The molecule has 1 N–H and O–H groups in total. The van der Waals surface area contributed by atoms with Crippen LogP contribution < -0.4 is 5.32 Å². The van der Waals surface area contributed by atoms with Crippen LogP contribution in [-0.2, 0) is 29.4 Å². The van der Waals surface area contributed by atoms with Crippen molar-refractivity contribution in [1.82, 2.24) is 14.5 Å². The molecule has 0 spiro atoms. The number of benzene rings is 3. The molecule has 36 heavy (non-hydrogen) atoms. The van der Waals surface area contributed by atoms with Gasteiger partial charge in [-0.05, 0) is 65.8 Å². The third-order valence-corrected chi connectivity index (χ3v) is 8.65. The number of nitrogens with one attached hydrogen (secondary N) is 1. The molecule has 0 saturated heterocycles. The van der Waals surface area contributed by atoms with Crippen molar-refractivity contribution in [2.45, 2.75) is 29.2 Å². The van der Waals surface area contributed by atoms with E-state index in [4.69, 9.17) is 4.42 Å². The molecule has 0 unspecified atom stereocenters. The standard InChI is InChI=1S/C26H24N4O4S2/c1-35-22-10-6-18(7-11-22)16-24-28-29-26(34-24)27-25(31)20-8-12-23(13-9-20)36(32,33)30-15-14-19-4-2-3-5-21(19)17-30/h2-13H,14-17H2,1H3,(H,27,29,31). The van der Waals surface area contributed by atoms with Gasteiger partial charge in [0.1, 0.15) is 0 Å². The Bertz CT molecular complexity index is 1480. The quantitative estimate of drug-likeness (QED) is 0.361. The first-order valence-electron chi connectivity index (χ1n) is 11.4. The zero-order valence-corrected chi connectivity index (χ0v) is 21.2. The van der Waals surface area contributed by atoms with Gasteiger partial charge < -0.3 is 4.42 Å². The summed E-state index contributed by atoms with van der Waals surface area (Å²) in [5.74, 6) is -0.0860. The Morgan fingerprint density at radius 2 is 1.72 bits per heavy atom. The number of hydrogen-bond donors (Lipinski definition) is 1. The first kappa shape index (κ1) is 24.2. The van der Waals surface area contributed by atoms with E-state index < -0.39 is 15.9 Å². The Morgan fingerprint density at radius 3 is 2.44 bits per heavy atom. The predicted molar refractivity (Wildman–Crippen MR) is 137 cm³/mol. The Balaban J connectivity index is 1.22. The number of nitrogens with zero attached hydrogens (tertiary/aromatic N) is 3. The summed E-state index contributed by atoms with van der Waals surface area (Å²) in [6.45, 7) is 0.755. The highest BCUT2D eigenvalue weighted by atomic mass is 32.2. The molecule has 1 aromatic heterocycles. The predicted octanol–water partition coefficient (Wildman–Crippen LogP) is 4.38. The van der Waals surface area contributed by atoms with E-state index in [9.17, 15) is 13.2 Å². The summed E-state index contributed by atoms with van der Waals surface area (Å²) in [4.78, 5) is 14.0. The highest BCUT2D eigenvalue weighted by Gasteiger charge is 2.28. The Labute approximate surface area is 213 Å². The SMILES string of the molecule is CSc1ccc(Cc2nnc(NC(=O)c3ccc(S(=O)(=O)N4CCc5ccccc5C4)cc3)o2)cc1. The normalized spacial score (nSPS) is 13.8. The van der Waals surface area contributed by atoms with Crippen molar-refractivity contribution < 1.29 is 17.6 Å². The molecule has 0 saturated carbocycles. The first-order chi connectivity index (χ1) is 17.4. The highest BCUT2D eigenvalue weighted by Crippen LogP contribution is 2.25. The van der Waals surface area contributed by atoms with Crippen LogP contribution in [0.2, 0.25) is 0 Å². The van der Waals surface area contributed by atoms with Gasteiger partial charge in [-0.15, -0.1) is 16.9 Å². The number of hydrogen-bond acceptors (Lipinski definition) is 7. The highest BCUT2D eigenvalue weighted by molar-refractivity contribution is 7.98. The van der Waals surface area contributed by atoms with E-state index >= 15 is 0 Å². The number of aromatic nitrogens is 2. The van der Waals surface area contributed by atoms with Crippen LogP contribution in [0.25, 0.3) is 0 Å². The summed E-state index contributed by atoms with van der Waals surface area (Å²) in [6, 6.07) is 21.7. The molecule has 3 aromatic carbocycles. The van der Waals surface area contributed by atoms with E-state index in [1.807, 2.05) is 54.8 Å². The third-order valence-electron chi connectivity index (χ3n) is 6.05. The number of anilines is 1. The fraction of sp³-hybridized carbons (Fsp3) is 0.192. The lowest BCUT2D eigenvalue weighted by atomic mass is 10.0. The maximum Gasteiger partial charge on any atom is 0.322 e. The fourth-order valence-corrected chi connectivity index (χ4v) is 5.89. The molecule has 1 aliphatic heterocycles. The second kappa shape index (κ2) is 10.3. The van der Waals surface area contributed by atoms with Gasteiger partial charge in [0.25, 0.3) is 5.91 Å². The average molecular weight is 521 g/mol. The minimum atomic E-state index is -3.68. The van der Waals surface area contributed by atoms with Gasteiger partial charge in [0.2, 0.25) is 15.9 Å². The van der Waals surface area contributed by atoms with Crippen LogP contribution in [0.1, 0.15) is 32.9 Å². The molecule has 184 valence electrons. The lowest BCUT2D eigenvalue weighted by Gasteiger charge is -2.28. The van der Waals surface area contributed by atoms with E-state index in [1.54, 1.807) is 11.8 Å². The van der Waals surface area contributed by atoms with E-state index in [0.717, 1.165) is 16.0 Å². The second-order valence-electron chi connectivity index (χ2n) is 8.36. The molecule has 4 aromatic rings. The minimum Gasteiger partial charge on any atom is -0.407 e. The molecule has 1 amide bonds. The average Bonchev–Trinajstić information content (AvgIpc) is 3.35. The third kappa shape index (κ3) is 5.20. The van der Waals surface area contributed by atoms with Crippen molar-refractivity contribution in [2.24, 2.45) is 0 Å². The van der Waals surface area contributed by atoms with Gasteiger partial charge >= 0.3 is 6.01 Å². The van der Waals surface area contributed by atoms with Gasteiger partial charge in [0.15, 0.2) is 0 Å². The van der Waals surface area contributed by atoms with Gasteiger partial charge in [-0.2, -0.15) is 4.31 Å². The van der Waals surface area contributed by atoms with Crippen molar-refractivity contribution >= 4 is 33.7 Å². The van der Waals surface area contributed by atoms with Crippen molar-refractivity contribution in [2.75, 3.05) is 18.1 Å². The number of carbonyl (C=O) groups excluding carboxylic acids is 1. The van der Waals surface area contributed by atoms with E-state index in [-0.39, 0.29) is 16.5 Å². The van der Waals surface area contributed by atoms with E-state index in [1.165, 1.54) is 34.1 Å². The lowest BCUT2D eigenvalue weighted by Crippen LogP contribution is -2.35. The van der Waals surface area contributed by atoms with Crippen molar-refractivity contribution in [3.05, 3.63) is 101 Å². The summed E-state index contributed by atoms with van der Waals surface area (Å²) in [5, 5.41) is 10.5. The summed E-state index contributed by atoms with van der Waals surface area (Å²) in [6.07, 6.45) is 3.14. The molecule has 0 atom stereocenters. The Hall–Kier alpha value is -3.47. The number of fused-ring (bicyclic) bond motifs is 1. The topological polar surface area (TPSA) is 105 Å². The van der Waals surface area contributed by atoms with Crippen LogP contribution in [0.4, 0.5) is 6.01 Å². The second-order valence-corrected chi connectivity index (χ2v) is 11.2. The summed E-state index contributed by atoms with van der Waals surface area (Å²) in [5.41, 5.74) is 3.49. The molecule has 10 heteroatoms. The van der Waals surface area contributed by atoms with Crippen molar-refractivity contribution in [3.63, 3.8) is 0 Å². The number of thioether (sulfide) groups is 1. The molecular weight excluding hydrogens is 496 g/mol. The maximum absolute atomic E-state index is 13.1. The van der Waals surface area contributed by atoms with Crippen LogP contribution in [0, 0.1) is 0 Å². The van der Waals surface area contributed by atoms with Gasteiger partial charge in [-0.25, -0.2) is 8.42 Å². The zero-order valence-electron chi connectivity index (χ0n) is 19.5. The summed E-state index contributed by atoms with van der Waals surface area (Å²) < 4.78 is 33.3. The molecule has 0 aliphatic carbocycles. The fourth-order valence-electron chi connectivity index (χ4n) is 4.07. The number of amides is 1. The lowest BCUT2D eigenvalue weighted by molar-refractivity contribution is 0.102.